The molecule has 114 valence electrons. The van der Waals surface area contributed by atoms with Gasteiger partial charge in [0.2, 0.25) is 0 Å². The second-order valence-electron chi connectivity index (χ2n) is 4.64. The Morgan fingerprint density at radius 1 is 1.32 bits per heavy atom. The second-order valence-corrected chi connectivity index (χ2v) is 5.49. The molecule has 2 rings (SSSR count). The Labute approximate surface area is 134 Å². The molecular weight excluding hydrogens is 355 g/mol. The molecule has 0 aliphatic heterocycles. The number of nitrogens with one attached hydrogen (secondary N) is 1. The minimum absolute atomic E-state index is 0.232. The Bertz CT molecular complexity index is 736. The lowest BCUT2D eigenvalue weighted by molar-refractivity contribution is -0.385. The molecule has 0 aliphatic rings. The summed E-state index contributed by atoms with van der Waals surface area (Å²) in [6.07, 6.45) is 0. The highest BCUT2D eigenvalue weighted by Crippen LogP contribution is 2.23. The van der Waals surface area contributed by atoms with Gasteiger partial charge in [-0.05, 0) is 24.6 Å². The van der Waals surface area contributed by atoms with Crippen LogP contribution in [0.3, 0.4) is 0 Å². The molecule has 0 saturated carbocycles. The minimum atomic E-state index is -0.925. The molecule has 1 atom stereocenters. The van der Waals surface area contributed by atoms with Gasteiger partial charge in [-0.2, -0.15) is 0 Å². The summed E-state index contributed by atoms with van der Waals surface area (Å²) >= 11 is 3.38. The van der Waals surface area contributed by atoms with Gasteiger partial charge in [0.25, 0.3) is 11.6 Å². The van der Waals surface area contributed by atoms with E-state index in [1.165, 1.54) is 0 Å². The molecule has 0 aromatic heterocycles. The predicted octanol–water partition coefficient (Wildman–Crippen LogP) is 3.99. The van der Waals surface area contributed by atoms with Gasteiger partial charge in [0.1, 0.15) is 5.82 Å². The van der Waals surface area contributed by atoms with Crippen LogP contribution in [-0.4, -0.2) is 10.8 Å². The van der Waals surface area contributed by atoms with Crippen molar-refractivity contribution in [3.8, 4) is 0 Å². The van der Waals surface area contributed by atoms with E-state index in [-0.39, 0.29) is 11.6 Å². The quantitative estimate of drug-likeness (QED) is 0.656. The Morgan fingerprint density at radius 2 is 2.00 bits per heavy atom. The van der Waals surface area contributed by atoms with Gasteiger partial charge in [-0.15, -0.1) is 0 Å². The number of nitro benzene ring substituents is 1. The molecule has 0 radical (unpaired) electrons. The molecule has 0 fully saturated rings. The first-order valence-electron chi connectivity index (χ1n) is 6.39. The average Bonchev–Trinajstić information content (AvgIpc) is 2.47. The Kier molecular flexibility index (Phi) is 4.87. The van der Waals surface area contributed by atoms with Crippen molar-refractivity contribution in [2.75, 3.05) is 0 Å². The van der Waals surface area contributed by atoms with E-state index in [9.17, 15) is 19.3 Å². The lowest BCUT2D eigenvalue weighted by Crippen LogP contribution is -2.27. The van der Waals surface area contributed by atoms with Gasteiger partial charge in [0.05, 0.1) is 22.6 Å². The highest BCUT2D eigenvalue weighted by molar-refractivity contribution is 9.10. The first-order chi connectivity index (χ1) is 10.4. The van der Waals surface area contributed by atoms with Crippen molar-refractivity contribution < 1.29 is 14.1 Å². The van der Waals surface area contributed by atoms with Crippen LogP contribution < -0.4 is 5.32 Å². The van der Waals surface area contributed by atoms with Crippen LogP contribution in [0.5, 0.6) is 0 Å². The van der Waals surface area contributed by atoms with Crippen molar-refractivity contribution in [1.82, 2.24) is 5.32 Å². The molecule has 2 aromatic carbocycles. The number of halogens is 2. The van der Waals surface area contributed by atoms with E-state index in [2.05, 4.69) is 21.2 Å². The molecule has 0 saturated heterocycles. The molecule has 0 bridgehead atoms. The number of rotatable bonds is 4. The van der Waals surface area contributed by atoms with Gasteiger partial charge in [-0.1, -0.05) is 34.1 Å². The van der Waals surface area contributed by atoms with Crippen molar-refractivity contribution in [2.24, 2.45) is 0 Å². The first kappa shape index (κ1) is 16.1. The van der Waals surface area contributed by atoms with Gasteiger partial charge in [0.15, 0.2) is 0 Å². The van der Waals surface area contributed by atoms with E-state index in [4.69, 9.17) is 0 Å². The lowest BCUT2D eigenvalue weighted by atomic mass is 10.1. The summed E-state index contributed by atoms with van der Waals surface area (Å²) in [6.45, 7) is 1.77. The maximum absolute atomic E-state index is 13.8. The summed E-state index contributed by atoms with van der Waals surface area (Å²) < 4.78 is 14.6. The van der Waals surface area contributed by atoms with E-state index in [0.29, 0.717) is 0 Å². The number of amides is 1. The SMILES string of the molecule is CC(NC(=O)c1ccc([N+](=O)[O-])cc1F)c1ccccc1Br. The number of nitrogens with zero attached hydrogens (tertiary/aromatic N) is 1. The van der Waals surface area contributed by atoms with Gasteiger partial charge in [-0.25, -0.2) is 4.39 Å². The van der Waals surface area contributed by atoms with Crippen LogP contribution in [-0.2, 0) is 0 Å². The molecule has 22 heavy (non-hydrogen) atoms. The fourth-order valence-corrected chi connectivity index (χ4v) is 2.61. The van der Waals surface area contributed by atoms with Gasteiger partial charge in [-0.3, -0.25) is 14.9 Å². The number of carbonyl (C=O) groups is 1. The maximum Gasteiger partial charge on any atom is 0.272 e. The minimum Gasteiger partial charge on any atom is -0.345 e. The average molecular weight is 367 g/mol. The topological polar surface area (TPSA) is 72.2 Å². The van der Waals surface area contributed by atoms with Crippen LogP contribution >= 0.6 is 15.9 Å². The number of hydrogen-bond donors (Lipinski definition) is 1. The summed E-state index contributed by atoms with van der Waals surface area (Å²) in [7, 11) is 0. The lowest BCUT2D eigenvalue weighted by Gasteiger charge is -2.16. The van der Waals surface area contributed by atoms with Crippen LogP contribution in [0.4, 0.5) is 10.1 Å². The van der Waals surface area contributed by atoms with Gasteiger partial charge in [0, 0.05) is 10.5 Å². The Hall–Kier alpha value is -2.28. The van der Waals surface area contributed by atoms with Gasteiger partial charge >= 0.3 is 0 Å². The van der Waals surface area contributed by atoms with Crippen LogP contribution in [0, 0.1) is 15.9 Å². The molecule has 0 heterocycles. The number of hydrogen-bond acceptors (Lipinski definition) is 3. The molecule has 0 aliphatic carbocycles. The molecule has 1 unspecified atom stereocenters. The third kappa shape index (κ3) is 3.48. The summed E-state index contributed by atoms with van der Waals surface area (Å²) in [5.41, 5.74) is 0.218. The fourth-order valence-electron chi connectivity index (χ4n) is 1.98. The summed E-state index contributed by atoms with van der Waals surface area (Å²) in [5, 5.41) is 13.2. The van der Waals surface area contributed by atoms with E-state index in [0.717, 1.165) is 28.2 Å². The van der Waals surface area contributed by atoms with Crippen LogP contribution in [0.2, 0.25) is 0 Å². The number of nitro groups is 1. The maximum atomic E-state index is 13.8. The summed E-state index contributed by atoms with van der Waals surface area (Å²) in [5.74, 6) is -1.55. The van der Waals surface area contributed by atoms with Crippen LogP contribution in [0.25, 0.3) is 0 Å². The van der Waals surface area contributed by atoms with Gasteiger partial charge < -0.3 is 5.32 Å². The number of carbonyl (C=O) groups excluding carboxylic acids is 1. The number of benzene rings is 2. The van der Waals surface area contributed by atoms with E-state index < -0.39 is 22.3 Å². The normalized spacial score (nSPS) is 11.8. The standard InChI is InChI=1S/C15H12BrFN2O3/c1-9(11-4-2-3-5-13(11)16)18-15(20)12-7-6-10(19(21)22)8-14(12)17/h2-9H,1H3,(H,18,20). The molecule has 0 spiro atoms. The van der Waals surface area contributed by atoms with Crippen molar-refractivity contribution >= 4 is 27.5 Å². The third-order valence-electron chi connectivity index (χ3n) is 3.13. The largest absolute Gasteiger partial charge is 0.345 e. The molecule has 1 amide bonds. The second kappa shape index (κ2) is 6.65. The zero-order valence-corrected chi connectivity index (χ0v) is 13.1. The van der Waals surface area contributed by atoms with E-state index in [1.807, 2.05) is 24.3 Å². The zero-order valence-electron chi connectivity index (χ0n) is 11.5. The predicted molar refractivity (Wildman–Crippen MR) is 83.1 cm³/mol. The monoisotopic (exact) mass is 366 g/mol. The Balaban J connectivity index is 2.19. The van der Waals surface area contributed by atoms with Crippen molar-refractivity contribution in [2.45, 2.75) is 13.0 Å². The van der Waals surface area contributed by atoms with Crippen molar-refractivity contribution in [1.29, 1.82) is 0 Å². The fraction of sp³-hybridized carbons (Fsp3) is 0.133. The molecule has 7 heteroatoms. The van der Waals surface area contributed by atoms with E-state index in [1.54, 1.807) is 6.92 Å². The van der Waals surface area contributed by atoms with Crippen LogP contribution in [0.15, 0.2) is 46.9 Å². The molecule has 5 nitrogen and oxygen atoms in total. The van der Waals surface area contributed by atoms with Crippen LogP contribution in [0.1, 0.15) is 28.9 Å². The Morgan fingerprint density at radius 3 is 2.59 bits per heavy atom. The molecular formula is C15H12BrFN2O3. The first-order valence-corrected chi connectivity index (χ1v) is 7.18. The van der Waals surface area contributed by atoms with Crippen molar-refractivity contribution in [3.05, 3.63) is 74.0 Å². The smallest absolute Gasteiger partial charge is 0.272 e. The highest BCUT2D eigenvalue weighted by atomic mass is 79.9. The third-order valence-corrected chi connectivity index (χ3v) is 3.85. The molecule has 2 aromatic rings. The number of non-ortho nitro benzene ring substituents is 1. The summed E-state index contributed by atoms with van der Waals surface area (Å²) in [6, 6.07) is 9.94. The highest BCUT2D eigenvalue weighted by Gasteiger charge is 2.18. The zero-order chi connectivity index (χ0) is 16.3. The van der Waals surface area contributed by atoms with Crippen molar-refractivity contribution in [3.63, 3.8) is 0 Å². The molecule has 1 N–H and O–H groups in total. The summed E-state index contributed by atoms with van der Waals surface area (Å²) in [4.78, 5) is 22.0. The van der Waals surface area contributed by atoms with E-state index >= 15 is 0 Å².